The normalized spacial score (nSPS) is 13.2. The van der Waals surface area contributed by atoms with Gasteiger partial charge in [0, 0.05) is 12.2 Å². The third-order valence-electron chi connectivity index (χ3n) is 5.76. The van der Waals surface area contributed by atoms with Gasteiger partial charge in [0.05, 0.1) is 4.90 Å². The van der Waals surface area contributed by atoms with Gasteiger partial charge in [0.2, 0.25) is 0 Å². The first-order valence-corrected chi connectivity index (χ1v) is 13.4. The molecule has 3 rings (SSSR count). The van der Waals surface area contributed by atoms with Crippen LogP contribution >= 0.6 is 0 Å². The summed E-state index contributed by atoms with van der Waals surface area (Å²) in [5.74, 6) is 0.302. The molecule has 3 aromatic rings. The van der Waals surface area contributed by atoms with Gasteiger partial charge in [-0.2, -0.15) is 0 Å². The molecule has 7 heteroatoms. The van der Waals surface area contributed by atoms with Crippen molar-refractivity contribution in [1.29, 1.82) is 0 Å². The molecule has 6 nitrogen and oxygen atoms in total. The molecule has 3 N–H and O–H groups in total. The fraction of sp³-hybridized carbons (Fsp3) is 0.321. The van der Waals surface area contributed by atoms with Crippen molar-refractivity contribution in [1.82, 2.24) is 4.90 Å². The van der Waals surface area contributed by atoms with Gasteiger partial charge in [-0.15, -0.1) is 4.36 Å². The van der Waals surface area contributed by atoms with Crippen molar-refractivity contribution in [2.24, 2.45) is 9.50 Å². The number of rotatable bonds is 7. The molecular weight excluding hydrogens is 456 g/mol. The lowest BCUT2D eigenvalue weighted by Gasteiger charge is -2.21. The summed E-state index contributed by atoms with van der Waals surface area (Å²) in [5.41, 5.74) is 5.96. The third-order valence-corrected chi connectivity index (χ3v) is 7.15. The lowest BCUT2D eigenvalue weighted by molar-refractivity contribution is 0.260. The van der Waals surface area contributed by atoms with Gasteiger partial charge in [0.15, 0.2) is 0 Å². The Morgan fingerprint density at radius 3 is 1.94 bits per heavy atom. The number of nitrogens with two attached hydrogens (primary N) is 1. The largest absolute Gasteiger partial charge is 0.354 e. The van der Waals surface area contributed by atoms with Crippen LogP contribution in [0.2, 0.25) is 0 Å². The van der Waals surface area contributed by atoms with Gasteiger partial charge in [0.1, 0.15) is 9.92 Å². The number of urea groups is 1. The van der Waals surface area contributed by atoms with Gasteiger partial charge in [-0.3, -0.25) is 0 Å². The molecule has 0 aliphatic carbocycles. The number of nitrogens with one attached hydrogen (secondary N) is 1. The van der Waals surface area contributed by atoms with Crippen molar-refractivity contribution in [2.75, 3.05) is 19.4 Å². The van der Waals surface area contributed by atoms with Crippen LogP contribution in [0.3, 0.4) is 0 Å². The second kappa shape index (κ2) is 11.2. The minimum atomic E-state index is -3.39. The summed E-state index contributed by atoms with van der Waals surface area (Å²) in [7, 11) is 0.557. The van der Waals surface area contributed by atoms with E-state index in [9.17, 15) is 9.00 Å². The average molecular weight is 493 g/mol. The van der Waals surface area contributed by atoms with Crippen LogP contribution in [-0.2, 0) is 16.5 Å². The van der Waals surface area contributed by atoms with Crippen LogP contribution in [0.1, 0.15) is 56.2 Å². The minimum Gasteiger partial charge on any atom is -0.305 e. The van der Waals surface area contributed by atoms with E-state index in [2.05, 4.69) is 61.6 Å². The fourth-order valence-corrected chi connectivity index (χ4v) is 4.92. The molecule has 0 saturated heterocycles. The molecule has 0 spiro atoms. The zero-order valence-corrected chi connectivity index (χ0v) is 22.2. The van der Waals surface area contributed by atoms with Crippen LogP contribution in [0.4, 0.5) is 10.5 Å². The topological polar surface area (TPSA) is 87.8 Å². The highest BCUT2D eigenvalue weighted by Gasteiger charge is 2.19. The molecule has 1 atom stereocenters. The molecule has 0 aliphatic rings. The van der Waals surface area contributed by atoms with Gasteiger partial charge < -0.3 is 10.2 Å². The summed E-state index contributed by atoms with van der Waals surface area (Å²) in [6.07, 6.45) is 0. The molecule has 0 bridgehead atoms. The molecule has 0 aliphatic heterocycles. The maximum atomic E-state index is 13.1. The number of hydrogen-bond acceptors (Lipinski definition) is 3. The lowest BCUT2D eigenvalue weighted by atomic mass is 9.88. The van der Waals surface area contributed by atoms with E-state index >= 15 is 0 Å². The molecule has 2 amide bonds. The predicted molar refractivity (Wildman–Crippen MR) is 146 cm³/mol. The molecule has 0 fully saturated rings. The summed E-state index contributed by atoms with van der Waals surface area (Å²) in [4.78, 5) is 15.3. The van der Waals surface area contributed by atoms with E-state index in [1.807, 2.05) is 49.3 Å². The fourth-order valence-electron chi connectivity index (χ4n) is 4.00. The van der Waals surface area contributed by atoms with Gasteiger partial charge in [-0.25, -0.2) is 14.1 Å². The highest BCUT2D eigenvalue weighted by Crippen LogP contribution is 2.37. The first kappa shape index (κ1) is 26.6. The van der Waals surface area contributed by atoms with Crippen LogP contribution in [0, 0.1) is 0 Å². The SMILES string of the molecule is CC(C)c1cc(-c2ccccc2)cc(C(C)C)c1NC(=O)N=S(N)(=O)c1ccc(CN(C)C)cc1. The number of carbonyl (C=O) groups is 1. The maximum Gasteiger partial charge on any atom is 0.354 e. The zero-order valence-electron chi connectivity index (χ0n) is 21.4. The molecular formula is C28H36N4O2S. The van der Waals surface area contributed by atoms with Gasteiger partial charge >= 0.3 is 6.03 Å². The van der Waals surface area contributed by atoms with Crippen molar-refractivity contribution in [3.05, 3.63) is 83.4 Å². The number of nitrogens with zero attached hydrogens (tertiary/aromatic N) is 2. The number of amides is 2. The number of anilines is 1. The Labute approximate surface area is 209 Å². The van der Waals surface area contributed by atoms with Crippen molar-refractivity contribution in [3.63, 3.8) is 0 Å². The number of hydrogen-bond donors (Lipinski definition) is 2. The van der Waals surface area contributed by atoms with Crippen LogP contribution in [0.5, 0.6) is 0 Å². The van der Waals surface area contributed by atoms with Crippen LogP contribution < -0.4 is 10.5 Å². The first-order chi connectivity index (χ1) is 16.5. The Balaban J connectivity index is 1.98. The van der Waals surface area contributed by atoms with E-state index in [0.717, 1.165) is 34.4 Å². The smallest absolute Gasteiger partial charge is 0.305 e. The van der Waals surface area contributed by atoms with E-state index in [0.29, 0.717) is 10.6 Å². The van der Waals surface area contributed by atoms with E-state index < -0.39 is 15.9 Å². The molecule has 0 aromatic heterocycles. The molecule has 186 valence electrons. The Kier molecular flexibility index (Phi) is 8.48. The van der Waals surface area contributed by atoms with Crippen molar-refractivity contribution >= 4 is 21.6 Å². The highest BCUT2D eigenvalue weighted by molar-refractivity contribution is 7.91. The second-order valence-electron chi connectivity index (χ2n) is 9.68. The lowest BCUT2D eigenvalue weighted by Crippen LogP contribution is -2.19. The highest BCUT2D eigenvalue weighted by atomic mass is 32.2. The maximum absolute atomic E-state index is 13.1. The molecule has 35 heavy (non-hydrogen) atoms. The second-order valence-corrected chi connectivity index (χ2v) is 11.5. The third kappa shape index (κ3) is 6.78. The molecule has 1 unspecified atom stereocenters. The molecule has 0 saturated carbocycles. The van der Waals surface area contributed by atoms with Gasteiger partial charge in [-0.05, 0) is 78.0 Å². The van der Waals surface area contributed by atoms with Gasteiger partial charge in [0.25, 0.3) is 0 Å². The number of carbonyl (C=O) groups excluding carboxylic acids is 1. The summed E-state index contributed by atoms with van der Waals surface area (Å²) < 4.78 is 17.0. The van der Waals surface area contributed by atoms with Crippen molar-refractivity contribution < 1.29 is 9.00 Å². The standard InChI is InChI=1S/C28H36N4O2S/c1-19(2)25-16-23(22-10-8-7-9-11-22)17-26(20(3)4)27(25)30-28(33)31-35(29,34)24-14-12-21(13-15-24)18-32(5)6/h7-17,19-20H,18H2,1-6H3,(H3,29,30,31,33,34). The Morgan fingerprint density at radius 2 is 1.46 bits per heavy atom. The molecule has 0 radical (unpaired) electrons. The van der Waals surface area contributed by atoms with E-state index in [4.69, 9.17) is 5.14 Å². The van der Waals surface area contributed by atoms with E-state index in [1.54, 1.807) is 12.1 Å². The minimum absolute atomic E-state index is 0.151. The quantitative estimate of drug-likeness (QED) is 0.390. The van der Waals surface area contributed by atoms with Crippen LogP contribution in [0.25, 0.3) is 11.1 Å². The van der Waals surface area contributed by atoms with Crippen LogP contribution in [-0.4, -0.2) is 29.2 Å². The summed E-state index contributed by atoms with van der Waals surface area (Å²) in [6.45, 7) is 9.09. The Hall–Kier alpha value is -3.00. The monoisotopic (exact) mass is 492 g/mol. The summed E-state index contributed by atoms with van der Waals surface area (Å²) >= 11 is 0. The summed E-state index contributed by atoms with van der Waals surface area (Å²) in [5, 5.41) is 8.94. The first-order valence-electron chi connectivity index (χ1n) is 11.8. The molecule has 3 aromatic carbocycles. The average Bonchev–Trinajstić information content (AvgIpc) is 2.79. The summed E-state index contributed by atoms with van der Waals surface area (Å²) in [6, 6.07) is 20.7. The molecule has 0 heterocycles. The van der Waals surface area contributed by atoms with E-state index in [1.165, 1.54) is 0 Å². The Bertz CT molecular complexity index is 1260. The number of benzene rings is 3. The zero-order chi connectivity index (χ0) is 25.8. The van der Waals surface area contributed by atoms with Crippen molar-refractivity contribution in [2.45, 2.75) is 51.0 Å². The van der Waals surface area contributed by atoms with Crippen molar-refractivity contribution in [3.8, 4) is 11.1 Å². The van der Waals surface area contributed by atoms with E-state index in [-0.39, 0.29) is 11.8 Å². The Morgan fingerprint density at radius 1 is 0.914 bits per heavy atom. The van der Waals surface area contributed by atoms with Crippen LogP contribution in [0.15, 0.2) is 76.0 Å². The van der Waals surface area contributed by atoms with Gasteiger partial charge in [-0.1, -0.05) is 70.2 Å². The predicted octanol–water partition coefficient (Wildman–Crippen LogP) is 6.59.